The number of carboxylic acid groups (broad SMARTS) is 1. The molecule has 0 saturated heterocycles. The van der Waals surface area contributed by atoms with E-state index < -0.39 is 12.1 Å². The van der Waals surface area contributed by atoms with Crippen LogP contribution in [0.4, 0.5) is 0 Å². The molecule has 6 heteroatoms. The minimum absolute atomic E-state index is 0.160. The molecule has 17 heavy (non-hydrogen) atoms. The third kappa shape index (κ3) is 3.20. The van der Waals surface area contributed by atoms with Gasteiger partial charge in [0.2, 0.25) is 0 Å². The van der Waals surface area contributed by atoms with E-state index in [0.29, 0.717) is 11.6 Å². The van der Waals surface area contributed by atoms with E-state index in [-0.39, 0.29) is 6.61 Å². The summed E-state index contributed by atoms with van der Waals surface area (Å²) in [4.78, 5) is 10.6. The van der Waals surface area contributed by atoms with Crippen molar-refractivity contribution in [3.05, 3.63) is 16.4 Å². The molecule has 0 spiro atoms. The number of carboxylic acids is 1. The van der Waals surface area contributed by atoms with Gasteiger partial charge in [0, 0.05) is 6.54 Å². The van der Waals surface area contributed by atoms with Crippen LogP contribution in [-0.2, 0) is 29.1 Å². The monoisotopic (exact) mass is 260 g/mol. The van der Waals surface area contributed by atoms with Crippen molar-refractivity contribution in [2.75, 3.05) is 0 Å². The molecule has 0 aliphatic carbocycles. The lowest BCUT2D eigenvalue weighted by molar-refractivity contribution is -0.150. The molecule has 0 saturated carbocycles. The molecule has 0 aromatic carbocycles. The van der Waals surface area contributed by atoms with Crippen LogP contribution < -0.4 is 0 Å². The summed E-state index contributed by atoms with van der Waals surface area (Å²) < 4.78 is 6.97. The van der Waals surface area contributed by atoms with Gasteiger partial charge >= 0.3 is 5.97 Å². The van der Waals surface area contributed by atoms with Gasteiger partial charge in [0.25, 0.3) is 0 Å². The molecule has 1 atom stereocenters. The Morgan fingerprint density at radius 2 is 2.24 bits per heavy atom. The van der Waals surface area contributed by atoms with E-state index in [9.17, 15) is 4.79 Å². The molecule has 0 amide bonds. The van der Waals surface area contributed by atoms with Crippen LogP contribution in [0.1, 0.15) is 32.2 Å². The number of carbonyl (C=O) groups is 1. The summed E-state index contributed by atoms with van der Waals surface area (Å²) in [5.74, 6) is -0.987. The number of rotatable bonds is 6. The van der Waals surface area contributed by atoms with Gasteiger partial charge in [-0.05, 0) is 20.3 Å². The highest BCUT2D eigenvalue weighted by atomic mass is 35.5. The molecule has 1 heterocycles. The normalized spacial score (nSPS) is 12.7. The number of hydrogen-bond donors (Lipinski definition) is 1. The van der Waals surface area contributed by atoms with Gasteiger partial charge in [-0.2, -0.15) is 5.10 Å². The first-order valence-electron chi connectivity index (χ1n) is 5.59. The van der Waals surface area contributed by atoms with Gasteiger partial charge in [0.15, 0.2) is 6.10 Å². The van der Waals surface area contributed by atoms with Crippen LogP contribution >= 0.6 is 11.6 Å². The number of nitrogens with zero attached hydrogens (tertiary/aromatic N) is 2. The SMILES string of the molecule is CCc1nn(CC)c(CO[C@@H](C)C(=O)O)c1Cl. The summed E-state index contributed by atoms with van der Waals surface area (Å²) in [6.45, 7) is 6.25. The Labute approximate surface area is 105 Å². The zero-order chi connectivity index (χ0) is 13.0. The van der Waals surface area contributed by atoms with Gasteiger partial charge in [0.1, 0.15) is 0 Å². The van der Waals surface area contributed by atoms with Crippen LogP contribution in [0.3, 0.4) is 0 Å². The van der Waals surface area contributed by atoms with E-state index >= 15 is 0 Å². The van der Waals surface area contributed by atoms with Crippen LogP contribution in [0, 0.1) is 0 Å². The number of aryl methyl sites for hydroxylation is 2. The van der Waals surface area contributed by atoms with Crippen LogP contribution in [0.25, 0.3) is 0 Å². The number of hydrogen-bond acceptors (Lipinski definition) is 3. The first kappa shape index (κ1) is 14.0. The van der Waals surface area contributed by atoms with E-state index in [1.807, 2.05) is 13.8 Å². The minimum Gasteiger partial charge on any atom is -0.479 e. The molecule has 0 aliphatic heterocycles. The Balaban J connectivity index is 2.82. The zero-order valence-electron chi connectivity index (χ0n) is 10.2. The van der Waals surface area contributed by atoms with Crippen LogP contribution in [0.15, 0.2) is 0 Å². The Bertz CT molecular complexity index is 404. The Kier molecular flexibility index (Phi) is 4.96. The number of aromatic nitrogens is 2. The maximum absolute atomic E-state index is 10.6. The van der Waals surface area contributed by atoms with Gasteiger partial charge in [-0.15, -0.1) is 0 Å². The molecule has 5 nitrogen and oxygen atoms in total. The molecule has 1 N–H and O–H groups in total. The highest BCUT2D eigenvalue weighted by Gasteiger charge is 2.17. The first-order valence-corrected chi connectivity index (χ1v) is 5.97. The lowest BCUT2D eigenvalue weighted by Gasteiger charge is -2.09. The van der Waals surface area contributed by atoms with E-state index in [2.05, 4.69) is 5.10 Å². The van der Waals surface area contributed by atoms with E-state index in [1.54, 1.807) is 4.68 Å². The van der Waals surface area contributed by atoms with Gasteiger partial charge < -0.3 is 9.84 Å². The average Bonchev–Trinajstić information content (AvgIpc) is 2.62. The lowest BCUT2D eigenvalue weighted by atomic mass is 10.3. The second kappa shape index (κ2) is 6.02. The quantitative estimate of drug-likeness (QED) is 0.851. The lowest BCUT2D eigenvalue weighted by Crippen LogP contribution is -2.20. The number of aliphatic carboxylic acids is 1. The van der Waals surface area contributed by atoms with E-state index in [1.165, 1.54) is 6.92 Å². The fourth-order valence-corrected chi connectivity index (χ4v) is 1.75. The van der Waals surface area contributed by atoms with Crippen molar-refractivity contribution < 1.29 is 14.6 Å². The summed E-state index contributed by atoms with van der Waals surface area (Å²) in [6, 6.07) is 0. The Morgan fingerprint density at radius 1 is 1.59 bits per heavy atom. The molecular formula is C11H17ClN2O3. The summed E-state index contributed by atoms with van der Waals surface area (Å²) in [6.07, 6.45) is -0.107. The van der Waals surface area contributed by atoms with Gasteiger partial charge in [-0.25, -0.2) is 4.79 Å². The highest BCUT2D eigenvalue weighted by Crippen LogP contribution is 2.22. The van der Waals surface area contributed by atoms with Crippen LogP contribution in [-0.4, -0.2) is 27.0 Å². The maximum Gasteiger partial charge on any atom is 0.332 e. The third-order valence-electron chi connectivity index (χ3n) is 2.51. The third-order valence-corrected chi connectivity index (χ3v) is 2.95. The van der Waals surface area contributed by atoms with Gasteiger partial charge in [0.05, 0.1) is 23.0 Å². The summed E-state index contributed by atoms with van der Waals surface area (Å²) >= 11 is 6.16. The predicted molar refractivity (Wildman–Crippen MR) is 64.2 cm³/mol. The number of ether oxygens (including phenoxy) is 1. The largest absolute Gasteiger partial charge is 0.479 e. The van der Waals surface area contributed by atoms with E-state index in [0.717, 1.165) is 17.8 Å². The molecule has 0 radical (unpaired) electrons. The average molecular weight is 261 g/mol. The molecule has 1 aromatic heterocycles. The van der Waals surface area contributed by atoms with Crippen LogP contribution in [0.2, 0.25) is 5.02 Å². The van der Waals surface area contributed by atoms with Crippen molar-refractivity contribution in [1.82, 2.24) is 9.78 Å². The van der Waals surface area contributed by atoms with Crippen molar-refractivity contribution in [2.45, 2.75) is 46.4 Å². The highest BCUT2D eigenvalue weighted by molar-refractivity contribution is 6.31. The molecule has 96 valence electrons. The molecule has 1 rings (SSSR count). The van der Waals surface area contributed by atoms with Crippen LogP contribution in [0.5, 0.6) is 0 Å². The summed E-state index contributed by atoms with van der Waals surface area (Å²) in [7, 11) is 0. The minimum atomic E-state index is -0.987. The Hall–Kier alpha value is -1.07. The summed E-state index contributed by atoms with van der Waals surface area (Å²) in [5, 5.41) is 13.6. The fraction of sp³-hybridized carbons (Fsp3) is 0.636. The van der Waals surface area contributed by atoms with Gasteiger partial charge in [-0.1, -0.05) is 18.5 Å². The molecule has 0 aliphatic rings. The van der Waals surface area contributed by atoms with Crippen molar-refractivity contribution in [3.63, 3.8) is 0 Å². The van der Waals surface area contributed by atoms with Gasteiger partial charge in [-0.3, -0.25) is 4.68 Å². The van der Waals surface area contributed by atoms with Crippen molar-refractivity contribution in [3.8, 4) is 0 Å². The second-order valence-corrected chi connectivity index (χ2v) is 4.05. The second-order valence-electron chi connectivity index (χ2n) is 3.67. The van der Waals surface area contributed by atoms with E-state index in [4.69, 9.17) is 21.4 Å². The fourth-order valence-electron chi connectivity index (χ4n) is 1.43. The Morgan fingerprint density at radius 3 is 2.71 bits per heavy atom. The standard InChI is InChI=1S/C11H17ClN2O3/c1-4-8-10(12)9(14(5-2)13-8)6-17-7(3)11(15)16/h7H,4-6H2,1-3H3,(H,15,16)/t7-/m0/s1. The smallest absolute Gasteiger partial charge is 0.332 e. The summed E-state index contributed by atoms with van der Waals surface area (Å²) in [5.41, 5.74) is 1.55. The molecule has 0 bridgehead atoms. The zero-order valence-corrected chi connectivity index (χ0v) is 11.0. The topological polar surface area (TPSA) is 64.4 Å². The molecule has 0 fully saturated rings. The van der Waals surface area contributed by atoms with Crippen molar-refractivity contribution in [1.29, 1.82) is 0 Å². The molecule has 1 aromatic rings. The first-order chi connectivity index (χ1) is 8.01. The van der Waals surface area contributed by atoms with Crippen molar-refractivity contribution >= 4 is 17.6 Å². The maximum atomic E-state index is 10.6. The number of halogens is 1. The van der Waals surface area contributed by atoms with Crippen molar-refractivity contribution in [2.24, 2.45) is 0 Å². The molecular weight excluding hydrogens is 244 g/mol. The molecule has 0 unspecified atom stereocenters. The predicted octanol–water partition coefficient (Wildman–Crippen LogP) is 2.11.